The van der Waals surface area contributed by atoms with E-state index in [1.165, 1.54) is 0 Å². The fourth-order valence-corrected chi connectivity index (χ4v) is 1.49. The first-order valence-electron chi connectivity index (χ1n) is 4.13. The predicted octanol–water partition coefficient (Wildman–Crippen LogP) is 2.03. The van der Waals surface area contributed by atoms with Crippen LogP contribution in [0.2, 0.25) is 0 Å². The third-order valence-corrected chi connectivity index (χ3v) is 2.50. The summed E-state index contributed by atoms with van der Waals surface area (Å²) in [4.78, 5) is 0. The molecule has 66 valence electrons. The highest BCUT2D eigenvalue weighted by molar-refractivity contribution is 4.84. The van der Waals surface area contributed by atoms with Crippen molar-refractivity contribution in [1.29, 1.82) is 0 Å². The molecule has 1 aliphatic heterocycles. The van der Waals surface area contributed by atoms with Gasteiger partial charge in [0.15, 0.2) is 0 Å². The quantitative estimate of drug-likeness (QED) is 0.656. The van der Waals surface area contributed by atoms with Crippen LogP contribution >= 0.6 is 0 Å². The average Bonchev–Trinajstić information content (AvgIpc) is 2.34. The van der Waals surface area contributed by atoms with E-state index in [4.69, 9.17) is 0 Å². The van der Waals surface area contributed by atoms with Gasteiger partial charge in [-0.3, -0.25) is 0 Å². The molecule has 0 saturated carbocycles. The zero-order chi connectivity index (χ0) is 8.48. The van der Waals surface area contributed by atoms with Crippen molar-refractivity contribution in [3.63, 3.8) is 0 Å². The minimum absolute atomic E-state index is 0.0231. The topological polar surface area (TPSA) is 12.0 Å². The van der Waals surface area contributed by atoms with E-state index in [-0.39, 0.29) is 6.04 Å². The number of halogens is 2. The first kappa shape index (κ1) is 8.91. The number of alkyl halides is 2. The molecule has 0 aromatic heterocycles. The SMILES string of the molecule is CC(C1CCCN1)C(C)(F)F. The van der Waals surface area contributed by atoms with Gasteiger partial charge in [0.2, 0.25) is 5.92 Å². The van der Waals surface area contributed by atoms with Crippen LogP contribution in [-0.2, 0) is 0 Å². The molecule has 2 unspecified atom stereocenters. The van der Waals surface area contributed by atoms with Crippen LogP contribution in [0, 0.1) is 5.92 Å². The van der Waals surface area contributed by atoms with Gasteiger partial charge >= 0.3 is 0 Å². The Kier molecular flexibility index (Phi) is 2.47. The summed E-state index contributed by atoms with van der Waals surface area (Å²) in [5, 5.41) is 3.08. The minimum atomic E-state index is -2.54. The van der Waals surface area contributed by atoms with E-state index in [1.807, 2.05) is 0 Å². The summed E-state index contributed by atoms with van der Waals surface area (Å²) in [6.45, 7) is 3.51. The summed E-state index contributed by atoms with van der Waals surface area (Å²) in [6.07, 6.45) is 1.93. The van der Waals surface area contributed by atoms with Crippen molar-refractivity contribution in [3.05, 3.63) is 0 Å². The van der Waals surface area contributed by atoms with Gasteiger partial charge in [0, 0.05) is 12.0 Å². The van der Waals surface area contributed by atoms with Gasteiger partial charge in [0.05, 0.1) is 0 Å². The molecular formula is C8H15F2N. The van der Waals surface area contributed by atoms with E-state index in [0.717, 1.165) is 26.3 Å². The lowest BCUT2D eigenvalue weighted by molar-refractivity contribution is -0.0439. The third kappa shape index (κ3) is 2.12. The second-order valence-corrected chi connectivity index (χ2v) is 3.45. The molecule has 3 heteroatoms. The van der Waals surface area contributed by atoms with Gasteiger partial charge in [-0.25, -0.2) is 8.78 Å². The average molecular weight is 163 g/mol. The Bertz CT molecular complexity index is 125. The van der Waals surface area contributed by atoms with Crippen molar-refractivity contribution in [1.82, 2.24) is 5.32 Å². The van der Waals surface area contributed by atoms with Crippen molar-refractivity contribution >= 4 is 0 Å². The second kappa shape index (κ2) is 3.05. The first-order valence-corrected chi connectivity index (χ1v) is 4.13. The van der Waals surface area contributed by atoms with Crippen molar-refractivity contribution in [2.24, 2.45) is 5.92 Å². The van der Waals surface area contributed by atoms with Crippen molar-refractivity contribution in [2.45, 2.75) is 38.7 Å². The van der Waals surface area contributed by atoms with Gasteiger partial charge in [0.1, 0.15) is 0 Å². The molecule has 0 aliphatic carbocycles. The summed E-state index contributed by atoms with van der Waals surface area (Å²) in [6, 6.07) is 0.0231. The molecule has 2 atom stereocenters. The molecule has 1 nitrogen and oxygen atoms in total. The van der Waals surface area contributed by atoms with E-state index < -0.39 is 11.8 Å². The molecule has 0 spiro atoms. The predicted molar refractivity (Wildman–Crippen MR) is 40.8 cm³/mol. The van der Waals surface area contributed by atoms with Crippen LogP contribution < -0.4 is 5.32 Å². The zero-order valence-corrected chi connectivity index (χ0v) is 7.03. The van der Waals surface area contributed by atoms with Crippen molar-refractivity contribution in [3.8, 4) is 0 Å². The Morgan fingerprint density at radius 3 is 2.55 bits per heavy atom. The maximum atomic E-state index is 12.7. The lowest BCUT2D eigenvalue weighted by atomic mass is 9.95. The van der Waals surface area contributed by atoms with Gasteiger partial charge in [-0.15, -0.1) is 0 Å². The Morgan fingerprint density at radius 2 is 2.18 bits per heavy atom. The Hall–Kier alpha value is -0.180. The van der Waals surface area contributed by atoms with Crippen molar-refractivity contribution in [2.75, 3.05) is 6.54 Å². The molecule has 0 radical (unpaired) electrons. The Morgan fingerprint density at radius 1 is 1.55 bits per heavy atom. The van der Waals surface area contributed by atoms with E-state index >= 15 is 0 Å². The highest BCUT2D eigenvalue weighted by Gasteiger charge is 2.37. The van der Waals surface area contributed by atoms with Crippen LogP contribution in [-0.4, -0.2) is 18.5 Å². The summed E-state index contributed by atoms with van der Waals surface area (Å²) in [7, 11) is 0. The third-order valence-electron chi connectivity index (χ3n) is 2.50. The summed E-state index contributed by atoms with van der Waals surface area (Å²) >= 11 is 0. The molecule has 1 rings (SSSR count). The van der Waals surface area contributed by atoms with E-state index in [9.17, 15) is 8.78 Å². The van der Waals surface area contributed by atoms with Gasteiger partial charge < -0.3 is 5.32 Å². The van der Waals surface area contributed by atoms with Gasteiger partial charge in [-0.1, -0.05) is 6.92 Å². The minimum Gasteiger partial charge on any atom is -0.313 e. The van der Waals surface area contributed by atoms with Crippen LogP contribution in [0.4, 0.5) is 8.78 Å². The molecule has 1 N–H and O–H groups in total. The lowest BCUT2D eigenvalue weighted by Gasteiger charge is -2.25. The van der Waals surface area contributed by atoms with Crippen LogP contribution in [0.15, 0.2) is 0 Å². The maximum absolute atomic E-state index is 12.7. The highest BCUT2D eigenvalue weighted by Crippen LogP contribution is 2.29. The molecule has 1 saturated heterocycles. The van der Waals surface area contributed by atoms with Gasteiger partial charge in [-0.2, -0.15) is 0 Å². The van der Waals surface area contributed by atoms with Crippen molar-refractivity contribution < 1.29 is 8.78 Å². The number of hydrogen-bond donors (Lipinski definition) is 1. The summed E-state index contributed by atoms with van der Waals surface area (Å²) in [5.74, 6) is -3.08. The standard InChI is InChI=1S/C8H15F2N/c1-6(8(2,9)10)7-4-3-5-11-7/h6-7,11H,3-5H2,1-2H3. The number of nitrogens with one attached hydrogen (secondary N) is 1. The molecule has 0 aromatic carbocycles. The van der Waals surface area contributed by atoms with Crippen LogP contribution in [0.1, 0.15) is 26.7 Å². The summed E-state index contributed by atoms with van der Waals surface area (Å²) < 4.78 is 25.5. The molecule has 1 fully saturated rings. The lowest BCUT2D eigenvalue weighted by Crippen LogP contribution is -2.38. The largest absolute Gasteiger partial charge is 0.313 e. The van der Waals surface area contributed by atoms with Gasteiger partial charge in [-0.05, 0) is 26.3 Å². The Labute approximate surface area is 66.2 Å². The molecular weight excluding hydrogens is 148 g/mol. The number of rotatable bonds is 2. The summed E-state index contributed by atoms with van der Waals surface area (Å²) in [5.41, 5.74) is 0. The van der Waals surface area contributed by atoms with Crippen LogP contribution in [0.25, 0.3) is 0 Å². The van der Waals surface area contributed by atoms with Crippen LogP contribution in [0.3, 0.4) is 0 Å². The molecule has 0 aromatic rings. The van der Waals surface area contributed by atoms with Crippen LogP contribution in [0.5, 0.6) is 0 Å². The second-order valence-electron chi connectivity index (χ2n) is 3.45. The molecule has 1 aliphatic rings. The normalized spacial score (nSPS) is 28.9. The zero-order valence-electron chi connectivity index (χ0n) is 7.03. The molecule has 0 amide bonds. The smallest absolute Gasteiger partial charge is 0.249 e. The maximum Gasteiger partial charge on any atom is 0.249 e. The highest BCUT2D eigenvalue weighted by atomic mass is 19.3. The van der Waals surface area contributed by atoms with E-state index in [0.29, 0.717) is 0 Å². The van der Waals surface area contributed by atoms with E-state index in [2.05, 4.69) is 5.32 Å². The molecule has 0 bridgehead atoms. The number of hydrogen-bond acceptors (Lipinski definition) is 1. The molecule has 11 heavy (non-hydrogen) atoms. The van der Waals surface area contributed by atoms with E-state index in [1.54, 1.807) is 6.92 Å². The molecule has 1 heterocycles. The van der Waals surface area contributed by atoms with Gasteiger partial charge in [0.25, 0.3) is 0 Å². The fraction of sp³-hybridized carbons (Fsp3) is 1.00. The first-order chi connectivity index (χ1) is 5.02. The Balaban J connectivity index is 2.46. The monoisotopic (exact) mass is 163 g/mol. The fourth-order valence-electron chi connectivity index (χ4n) is 1.49.